The van der Waals surface area contributed by atoms with Crippen LogP contribution >= 0.6 is 0 Å². The van der Waals surface area contributed by atoms with E-state index in [1.807, 2.05) is 41.5 Å². The number of hydrogen-bond donors (Lipinski definition) is 10. The van der Waals surface area contributed by atoms with Gasteiger partial charge in [-0.3, -0.25) is 24.0 Å². The normalized spacial score (nSPS) is 13.3. The van der Waals surface area contributed by atoms with Gasteiger partial charge in [-0.1, -0.05) is 71.6 Å². The molecule has 22 nitrogen and oxygen atoms in total. The zero-order valence-corrected chi connectivity index (χ0v) is 40.8. The first-order valence-electron chi connectivity index (χ1n) is 22.7. The fourth-order valence-electron chi connectivity index (χ4n) is 7.55. The van der Waals surface area contributed by atoms with E-state index >= 15 is 4.11 Å². The number of amides is 6. The van der Waals surface area contributed by atoms with Gasteiger partial charge in [0.2, 0.25) is 17.7 Å². The van der Waals surface area contributed by atoms with Gasteiger partial charge in [-0.05, 0) is 90.7 Å². The maximum Gasteiger partial charge on any atom is 0.326 e. The molecule has 68 heavy (non-hydrogen) atoms. The van der Waals surface area contributed by atoms with Gasteiger partial charge < -0.3 is 56.4 Å². The summed E-state index contributed by atoms with van der Waals surface area (Å²) >= 11 is 0. The second kappa shape index (κ2) is 29.5. The summed E-state index contributed by atoms with van der Waals surface area (Å²) in [5, 5.41) is 54.3. The average molecular weight is 980 g/mol. The number of benzene rings is 1. The van der Waals surface area contributed by atoms with Gasteiger partial charge in [0.15, 0.2) is 0 Å². The molecule has 0 aliphatic carbocycles. The number of carbonyl (C=O) groups excluding carboxylic acids is 5. The van der Waals surface area contributed by atoms with Gasteiger partial charge in [-0.2, -0.15) is 0 Å². The van der Waals surface area contributed by atoms with E-state index in [1.165, 1.54) is 12.1 Å². The Morgan fingerprint density at radius 2 is 1.06 bits per heavy atom. The van der Waals surface area contributed by atoms with E-state index < -0.39 is 97.3 Å². The summed E-state index contributed by atoms with van der Waals surface area (Å²) in [6.07, 6.45) is 3.58. The molecule has 24 heteroatoms. The minimum atomic E-state index is -3.57. The number of carboxylic acids is 4. The van der Waals surface area contributed by atoms with Gasteiger partial charge in [-0.25, -0.2) is 19.2 Å². The van der Waals surface area contributed by atoms with Gasteiger partial charge in [0, 0.05) is 49.4 Å². The highest BCUT2D eigenvalue weighted by Gasteiger charge is 2.56. The standard InChI is InChI=1S/C44H70FN9O13Si/c1-43(2,3)68(45,44(4,5)6)29-21-19-28(20-22-29)37(59)49-27-33(53-54-46)38(60)50-30(39(61)62)15-11-13-25-47-34(55)17-9-7-8-10-18-35(56)48-26-14-12-16-31(40(63)64)51-42(67)52-32(41(65)66)23-24-36(57)58/h19-22,30-33H,7-18,23-27H2,1-6H3,(H,47,55)(H,48,56)(H,49,59)(H,50,60)(H,57,58)(H,61,62)(H,63,64)(H,65,66)(H2,51,52,67)/t30-,31+,32+,33?/m1/s1. The molecule has 0 fully saturated rings. The third kappa shape index (κ3) is 21.6. The van der Waals surface area contributed by atoms with Crippen LogP contribution in [0.25, 0.3) is 10.4 Å². The molecule has 0 aliphatic rings. The van der Waals surface area contributed by atoms with Crippen molar-refractivity contribution in [2.45, 2.75) is 166 Å². The van der Waals surface area contributed by atoms with Crippen molar-refractivity contribution in [3.05, 3.63) is 40.3 Å². The third-order valence-corrected chi connectivity index (χ3v) is 16.3. The van der Waals surface area contributed by atoms with Crippen LogP contribution < -0.4 is 37.1 Å². The second-order valence-corrected chi connectivity index (χ2v) is 23.4. The molecule has 0 aliphatic heterocycles. The summed E-state index contributed by atoms with van der Waals surface area (Å²) in [5.41, 5.74) is 9.25. The van der Waals surface area contributed by atoms with Crippen molar-refractivity contribution in [2.24, 2.45) is 5.11 Å². The van der Waals surface area contributed by atoms with E-state index in [1.54, 1.807) is 12.1 Å². The Bertz CT molecular complexity index is 1920. The monoisotopic (exact) mass is 979 g/mol. The molecule has 0 spiro atoms. The van der Waals surface area contributed by atoms with Crippen LogP contribution in [0.4, 0.5) is 8.90 Å². The number of carboxylic acid groups (broad SMARTS) is 4. The molecule has 380 valence electrons. The van der Waals surface area contributed by atoms with Gasteiger partial charge in [-0.15, -0.1) is 0 Å². The quantitative estimate of drug-likeness (QED) is 0.0120. The maximum atomic E-state index is 16.7. The highest BCUT2D eigenvalue weighted by molar-refractivity contribution is 6.90. The number of unbranched alkanes of at least 4 members (excludes halogenated alkanes) is 5. The number of nitrogens with one attached hydrogen (secondary N) is 6. The maximum absolute atomic E-state index is 16.7. The zero-order valence-electron chi connectivity index (χ0n) is 39.8. The highest BCUT2D eigenvalue weighted by atomic mass is 28.4. The summed E-state index contributed by atoms with van der Waals surface area (Å²) in [6, 6.07) is -0.518. The molecule has 0 saturated carbocycles. The lowest BCUT2D eigenvalue weighted by Crippen LogP contribution is -2.57. The van der Waals surface area contributed by atoms with Gasteiger partial charge in [0.25, 0.3) is 14.3 Å². The van der Waals surface area contributed by atoms with Gasteiger partial charge in [0.1, 0.15) is 24.2 Å². The molecule has 0 heterocycles. The number of halogens is 1. The molecule has 10 N–H and O–H groups in total. The van der Waals surface area contributed by atoms with Crippen LogP contribution in [-0.2, 0) is 33.6 Å². The Morgan fingerprint density at radius 1 is 0.618 bits per heavy atom. The smallest absolute Gasteiger partial charge is 0.326 e. The Kier molecular flexibility index (Phi) is 25.9. The first-order chi connectivity index (χ1) is 31.7. The Morgan fingerprint density at radius 3 is 1.47 bits per heavy atom. The van der Waals surface area contributed by atoms with E-state index in [9.17, 15) is 53.4 Å². The van der Waals surface area contributed by atoms with Crippen molar-refractivity contribution in [2.75, 3.05) is 19.6 Å². The fourth-order valence-corrected chi connectivity index (χ4v) is 12.2. The first-order valence-corrected chi connectivity index (χ1v) is 24.6. The van der Waals surface area contributed by atoms with Crippen molar-refractivity contribution < 1.29 is 67.7 Å². The molecule has 1 unspecified atom stereocenters. The van der Waals surface area contributed by atoms with Crippen LogP contribution in [0.5, 0.6) is 0 Å². The van der Waals surface area contributed by atoms with E-state index in [2.05, 4.69) is 41.9 Å². The molecule has 6 amide bonds. The molecule has 0 saturated heterocycles. The van der Waals surface area contributed by atoms with Gasteiger partial charge >= 0.3 is 29.9 Å². The predicted octanol–water partition coefficient (Wildman–Crippen LogP) is 4.37. The predicted molar refractivity (Wildman–Crippen MR) is 250 cm³/mol. The molecule has 0 bridgehead atoms. The van der Waals surface area contributed by atoms with Crippen LogP contribution in [0.2, 0.25) is 10.1 Å². The number of carbonyl (C=O) groups is 9. The third-order valence-electron chi connectivity index (χ3n) is 11.1. The second-order valence-electron chi connectivity index (χ2n) is 18.5. The largest absolute Gasteiger partial charge is 0.481 e. The average Bonchev–Trinajstić information content (AvgIpc) is 3.24. The highest BCUT2D eigenvalue weighted by Crippen LogP contribution is 2.51. The topological polar surface area (TPSA) is 355 Å². The van der Waals surface area contributed by atoms with Crippen molar-refractivity contribution in [3.63, 3.8) is 0 Å². The molecule has 1 rings (SSSR count). The van der Waals surface area contributed by atoms with Crippen LogP contribution in [0, 0.1) is 0 Å². The Labute approximate surface area is 396 Å². The summed E-state index contributed by atoms with van der Waals surface area (Å²) in [7, 11) is -3.57. The van der Waals surface area contributed by atoms with E-state index in [-0.39, 0.29) is 62.6 Å². The minimum Gasteiger partial charge on any atom is -0.481 e. The number of urea groups is 1. The number of aliphatic carboxylic acids is 4. The number of nitrogens with zero attached hydrogens (tertiary/aromatic N) is 3. The summed E-state index contributed by atoms with van der Waals surface area (Å²) in [5.74, 6) is -7.30. The SMILES string of the molecule is CC(C)(C)[Si](F)(c1ccc(C(=O)NCC(N=[N+]=[N-])C(=O)N[C@H](CCCCNC(=O)CCCCCCC(=O)NCCCC[C@H](NC(=O)N[C@@H](CCC(=O)O)C(=O)O)C(=O)O)C(=O)O)cc1)C(C)(C)C. The van der Waals surface area contributed by atoms with Crippen molar-refractivity contribution in [1.29, 1.82) is 0 Å². The van der Waals surface area contributed by atoms with E-state index in [0.29, 0.717) is 56.6 Å². The molecular formula is C44H70FN9O13Si. The lowest BCUT2D eigenvalue weighted by Gasteiger charge is -2.44. The molecule has 1 aromatic rings. The van der Waals surface area contributed by atoms with Crippen molar-refractivity contribution in [3.8, 4) is 0 Å². The zero-order chi connectivity index (χ0) is 51.7. The van der Waals surface area contributed by atoms with Gasteiger partial charge in [0.05, 0.1) is 0 Å². The van der Waals surface area contributed by atoms with Crippen LogP contribution in [0.1, 0.15) is 142 Å². The van der Waals surface area contributed by atoms with Crippen LogP contribution in [-0.4, -0.2) is 126 Å². The van der Waals surface area contributed by atoms with Crippen molar-refractivity contribution in [1.82, 2.24) is 31.9 Å². The van der Waals surface area contributed by atoms with Crippen molar-refractivity contribution >= 4 is 67.1 Å². The van der Waals surface area contributed by atoms with E-state index in [0.717, 1.165) is 0 Å². The number of hydrogen-bond acceptors (Lipinski definition) is 10. The fraction of sp³-hybridized carbons (Fsp3) is 0.659. The molecule has 0 aromatic heterocycles. The van der Waals surface area contributed by atoms with E-state index in [4.69, 9.17) is 15.7 Å². The molecule has 4 atom stereocenters. The summed E-state index contributed by atoms with van der Waals surface area (Å²) < 4.78 is 16.7. The first kappa shape index (κ1) is 59.7. The number of rotatable bonds is 32. The lowest BCUT2D eigenvalue weighted by atomic mass is 10.1. The summed E-state index contributed by atoms with van der Waals surface area (Å²) in [4.78, 5) is 111. The van der Waals surface area contributed by atoms with Crippen LogP contribution in [0.3, 0.4) is 0 Å². The lowest BCUT2D eigenvalue weighted by molar-refractivity contribution is -0.142. The molecule has 0 radical (unpaired) electrons. The minimum absolute atomic E-state index is 0.00216. The number of azide groups is 1. The molecule has 1 aromatic carbocycles. The Hall–Kier alpha value is -6.29. The summed E-state index contributed by atoms with van der Waals surface area (Å²) in [6.45, 7) is 11.3. The Balaban J connectivity index is 2.36. The van der Waals surface area contributed by atoms with Crippen LogP contribution in [0.15, 0.2) is 29.4 Å². The molecular weight excluding hydrogens is 910 g/mol.